The molecule has 0 bridgehead atoms. The standard InChI is InChI=1S/C13H23BrN4O/c1-3-6-16-13-17-10-11(14)12(18-13)15-7-5-9-19-8-4-2/h10H,3-9H2,1-2H3,(H2,15,16,17,18). The van der Waals surface area contributed by atoms with E-state index in [1.165, 1.54) is 0 Å². The molecule has 2 N–H and O–H groups in total. The number of hydrogen-bond acceptors (Lipinski definition) is 5. The van der Waals surface area contributed by atoms with Crippen LogP contribution in [0.25, 0.3) is 0 Å². The van der Waals surface area contributed by atoms with E-state index in [1.807, 2.05) is 0 Å². The predicted octanol–water partition coefficient (Wildman–Crippen LogP) is 3.29. The summed E-state index contributed by atoms with van der Waals surface area (Å²) in [4.78, 5) is 8.63. The number of halogens is 1. The van der Waals surface area contributed by atoms with Crippen LogP contribution in [0.4, 0.5) is 11.8 Å². The van der Waals surface area contributed by atoms with Crippen molar-refractivity contribution in [2.24, 2.45) is 0 Å². The van der Waals surface area contributed by atoms with Gasteiger partial charge in [-0.3, -0.25) is 0 Å². The van der Waals surface area contributed by atoms with Gasteiger partial charge >= 0.3 is 0 Å². The maximum atomic E-state index is 5.43. The van der Waals surface area contributed by atoms with Crippen LogP contribution in [0.3, 0.4) is 0 Å². The number of ether oxygens (including phenoxy) is 1. The molecule has 6 heteroatoms. The largest absolute Gasteiger partial charge is 0.381 e. The number of nitrogens with one attached hydrogen (secondary N) is 2. The Morgan fingerprint density at radius 2 is 2.00 bits per heavy atom. The van der Waals surface area contributed by atoms with Crippen LogP contribution < -0.4 is 10.6 Å². The summed E-state index contributed by atoms with van der Waals surface area (Å²) in [5, 5.41) is 6.46. The van der Waals surface area contributed by atoms with Crippen LogP contribution in [0, 0.1) is 0 Å². The minimum atomic E-state index is 0.662. The normalized spacial score (nSPS) is 10.5. The molecule has 0 aliphatic heterocycles. The van der Waals surface area contributed by atoms with Gasteiger partial charge in [0.1, 0.15) is 5.82 Å². The Labute approximate surface area is 123 Å². The zero-order chi connectivity index (χ0) is 13.9. The van der Waals surface area contributed by atoms with Crippen LogP contribution in [-0.4, -0.2) is 36.3 Å². The summed E-state index contributed by atoms with van der Waals surface area (Å²) < 4.78 is 6.31. The molecule has 0 amide bonds. The van der Waals surface area contributed by atoms with Crippen molar-refractivity contribution in [3.63, 3.8) is 0 Å². The minimum Gasteiger partial charge on any atom is -0.381 e. The van der Waals surface area contributed by atoms with Gasteiger partial charge in [0.25, 0.3) is 0 Å². The van der Waals surface area contributed by atoms with Crippen LogP contribution >= 0.6 is 15.9 Å². The molecule has 1 rings (SSSR count). The van der Waals surface area contributed by atoms with Gasteiger partial charge < -0.3 is 15.4 Å². The van der Waals surface area contributed by atoms with Crippen molar-refractivity contribution in [2.45, 2.75) is 33.1 Å². The smallest absolute Gasteiger partial charge is 0.224 e. The summed E-state index contributed by atoms with van der Waals surface area (Å²) in [6.07, 6.45) is 4.85. The summed E-state index contributed by atoms with van der Waals surface area (Å²) in [5.74, 6) is 1.49. The summed E-state index contributed by atoms with van der Waals surface area (Å²) in [7, 11) is 0. The highest BCUT2D eigenvalue weighted by molar-refractivity contribution is 9.10. The van der Waals surface area contributed by atoms with Crippen LogP contribution in [0.2, 0.25) is 0 Å². The Kier molecular flexibility index (Phi) is 8.49. The van der Waals surface area contributed by atoms with Gasteiger partial charge in [0.15, 0.2) is 0 Å². The molecule has 0 saturated heterocycles. The van der Waals surface area contributed by atoms with Crippen molar-refractivity contribution in [3.05, 3.63) is 10.7 Å². The van der Waals surface area contributed by atoms with E-state index in [4.69, 9.17) is 4.74 Å². The summed E-state index contributed by atoms with van der Waals surface area (Å²) in [6, 6.07) is 0. The van der Waals surface area contributed by atoms with Crippen molar-refractivity contribution in [2.75, 3.05) is 36.9 Å². The topological polar surface area (TPSA) is 59.1 Å². The Bertz CT molecular complexity index is 362. The molecule has 0 aliphatic rings. The molecule has 1 aromatic rings. The molecule has 0 radical (unpaired) electrons. The van der Waals surface area contributed by atoms with Gasteiger partial charge in [-0.1, -0.05) is 13.8 Å². The van der Waals surface area contributed by atoms with Crippen LogP contribution in [0.5, 0.6) is 0 Å². The Hall–Kier alpha value is -0.880. The fourth-order valence-electron chi connectivity index (χ4n) is 1.44. The number of aromatic nitrogens is 2. The minimum absolute atomic E-state index is 0.662. The second-order valence-corrected chi connectivity index (χ2v) is 5.06. The first-order valence-corrected chi connectivity index (χ1v) is 7.65. The fourth-order valence-corrected chi connectivity index (χ4v) is 1.77. The molecule has 1 heterocycles. The van der Waals surface area contributed by atoms with Gasteiger partial charge in [-0.25, -0.2) is 4.98 Å². The molecule has 0 unspecified atom stereocenters. The van der Waals surface area contributed by atoms with Crippen molar-refractivity contribution in [3.8, 4) is 0 Å². The number of rotatable bonds is 10. The quantitative estimate of drug-likeness (QED) is 0.644. The Balaban J connectivity index is 2.34. The lowest BCUT2D eigenvalue weighted by Crippen LogP contribution is -2.10. The van der Waals surface area contributed by atoms with Crippen molar-refractivity contribution < 1.29 is 4.74 Å². The maximum Gasteiger partial charge on any atom is 0.224 e. The fraction of sp³-hybridized carbons (Fsp3) is 0.692. The van der Waals surface area contributed by atoms with Crippen molar-refractivity contribution >= 4 is 27.7 Å². The maximum absolute atomic E-state index is 5.43. The zero-order valence-electron chi connectivity index (χ0n) is 11.7. The molecule has 0 saturated carbocycles. The molecular formula is C13H23BrN4O. The van der Waals surface area contributed by atoms with E-state index >= 15 is 0 Å². The highest BCUT2D eigenvalue weighted by Gasteiger charge is 2.03. The van der Waals surface area contributed by atoms with Crippen molar-refractivity contribution in [1.82, 2.24) is 9.97 Å². The molecule has 0 aromatic carbocycles. The van der Waals surface area contributed by atoms with Crippen LogP contribution in [0.15, 0.2) is 10.7 Å². The van der Waals surface area contributed by atoms with E-state index < -0.39 is 0 Å². The lowest BCUT2D eigenvalue weighted by molar-refractivity contribution is 0.134. The molecule has 0 aliphatic carbocycles. The van der Waals surface area contributed by atoms with Gasteiger partial charge in [0.05, 0.1) is 4.47 Å². The summed E-state index contributed by atoms with van der Waals surface area (Å²) in [5.41, 5.74) is 0. The first-order chi connectivity index (χ1) is 9.27. The molecule has 0 fully saturated rings. The van der Waals surface area contributed by atoms with Crippen LogP contribution in [0.1, 0.15) is 33.1 Å². The highest BCUT2D eigenvalue weighted by atomic mass is 79.9. The Morgan fingerprint density at radius 1 is 1.16 bits per heavy atom. The third kappa shape index (κ3) is 6.73. The lowest BCUT2D eigenvalue weighted by atomic mass is 10.4. The monoisotopic (exact) mass is 330 g/mol. The molecule has 108 valence electrons. The van der Waals surface area contributed by atoms with Gasteiger partial charge in [-0.15, -0.1) is 0 Å². The van der Waals surface area contributed by atoms with E-state index in [0.717, 1.165) is 55.9 Å². The van der Waals surface area contributed by atoms with Gasteiger partial charge in [-0.2, -0.15) is 4.98 Å². The predicted molar refractivity (Wildman–Crippen MR) is 82.7 cm³/mol. The lowest BCUT2D eigenvalue weighted by Gasteiger charge is -2.10. The van der Waals surface area contributed by atoms with Crippen molar-refractivity contribution in [1.29, 1.82) is 0 Å². The summed E-state index contributed by atoms with van der Waals surface area (Å²) in [6.45, 7) is 7.56. The SMILES string of the molecule is CCCNc1ncc(Br)c(NCCCOCCC)n1. The first-order valence-electron chi connectivity index (χ1n) is 6.86. The third-order valence-corrected chi connectivity index (χ3v) is 2.96. The summed E-state index contributed by atoms with van der Waals surface area (Å²) >= 11 is 3.45. The van der Waals surface area contributed by atoms with Gasteiger partial charge in [-0.05, 0) is 35.2 Å². The third-order valence-electron chi connectivity index (χ3n) is 2.38. The van der Waals surface area contributed by atoms with E-state index in [1.54, 1.807) is 6.20 Å². The molecule has 1 aromatic heterocycles. The van der Waals surface area contributed by atoms with Gasteiger partial charge in [0, 0.05) is 32.5 Å². The van der Waals surface area contributed by atoms with Crippen LogP contribution in [-0.2, 0) is 4.74 Å². The molecular weight excluding hydrogens is 308 g/mol. The molecule has 0 spiro atoms. The second-order valence-electron chi connectivity index (χ2n) is 4.21. The average molecular weight is 331 g/mol. The second kappa shape index (κ2) is 9.97. The van der Waals surface area contributed by atoms with E-state index in [0.29, 0.717) is 5.95 Å². The van der Waals surface area contributed by atoms with E-state index in [9.17, 15) is 0 Å². The highest BCUT2D eigenvalue weighted by Crippen LogP contribution is 2.19. The molecule has 19 heavy (non-hydrogen) atoms. The molecule has 5 nitrogen and oxygen atoms in total. The number of nitrogens with zero attached hydrogens (tertiary/aromatic N) is 2. The molecule has 0 atom stereocenters. The Morgan fingerprint density at radius 3 is 2.74 bits per heavy atom. The zero-order valence-corrected chi connectivity index (χ0v) is 13.3. The average Bonchev–Trinajstić information content (AvgIpc) is 2.43. The number of hydrogen-bond donors (Lipinski definition) is 2. The van der Waals surface area contributed by atoms with Gasteiger partial charge in [0.2, 0.25) is 5.95 Å². The first kappa shape index (κ1) is 16.2. The van der Waals surface area contributed by atoms with E-state index in [-0.39, 0.29) is 0 Å². The number of anilines is 2. The van der Waals surface area contributed by atoms with E-state index in [2.05, 4.69) is 50.4 Å².